The normalized spacial score (nSPS) is 17.6. The third-order valence-corrected chi connectivity index (χ3v) is 11.7. The van der Waals surface area contributed by atoms with Gasteiger partial charge in [-0.3, -0.25) is 0 Å². The SMILES string of the molecule is CC1(C)OB(c2ccc3c(c2)C2(c4ccccc4-3)c3ccc4ccccc4c3N(c3ccccc3)c3c2ccc2ccccc32)OC1(C)C. The molecule has 0 bridgehead atoms. The van der Waals surface area contributed by atoms with Crippen molar-refractivity contribution in [2.45, 2.75) is 44.3 Å². The predicted molar refractivity (Wildman–Crippen MR) is 203 cm³/mol. The lowest BCUT2D eigenvalue weighted by molar-refractivity contribution is 0.00578. The van der Waals surface area contributed by atoms with Crippen molar-refractivity contribution in [2.24, 2.45) is 0 Å². The maximum Gasteiger partial charge on any atom is 0.494 e. The van der Waals surface area contributed by atoms with E-state index in [0.29, 0.717) is 0 Å². The third-order valence-electron chi connectivity index (χ3n) is 11.7. The molecule has 0 unspecified atom stereocenters. The summed E-state index contributed by atoms with van der Waals surface area (Å²) in [5.74, 6) is 0. The zero-order valence-corrected chi connectivity index (χ0v) is 28.2. The van der Waals surface area contributed by atoms with Crippen LogP contribution in [0.3, 0.4) is 0 Å². The molecule has 3 aliphatic rings. The minimum atomic E-state index is -0.588. The number of benzene rings is 7. The summed E-state index contributed by atoms with van der Waals surface area (Å²) in [5, 5.41) is 4.90. The molecule has 0 amide bonds. The van der Waals surface area contributed by atoms with Crippen LogP contribution >= 0.6 is 0 Å². The molecule has 0 N–H and O–H groups in total. The summed E-state index contributed by atoms with van der Waals surface area (Å²) >= 11 is 0. The lowest BCUT2D eigenvalue weighted by Crippen LogP contribution is -2.41. The number of hydrogen-bond donors (Lipinski definition) is 0. The van der Waals surface area contributed by atoms with Crippen molar-refractivity contribution in [2.75, 3.05) is 4.90 Å². The Morgan fingerprint density at radius 2 is 1.00 bits per heavy atom. The first-order valence-corrected chi connectivity index (χ1v) is 17.3. The molecule has 7 aromatic rings. The maximum atomic E-state index is 6.66. The van der Waals surface area contributed by atoms with E-state index in [1.54, 1.807) is 0 Å². The number of anilines is 3. The van der Waals surface area contributed by atoms with Crippen LogP contribution in [-0.4, -0.2) is 18.3 Å². The van der Waals surface area contributed by atoms with E-state index in [0.717, 1.165) is 11.2 Å². The monoisotopic (exact) mass is 633 g/mol. The van der Waals surface area contributed by atoms with Gasteiger partial charge in [0.25, 0.3) is 0 Å². The van der Waals surface area contributed by atoms with Crippen LogP contribution in [0.4, 0.5) is 17.1 Å². The van der Waals surface area contributed by atoms with E-state index >= 15 is 0 Å². The van der Waals surface area contributed by atoms with Crippen molar-refractivity contribution < 1.29 is 9.31 Å². The van der Waals surface area contributed by atoms with Gasteiger partial charge in [0.15, 0.2) is 0 Å². The molecule has 49 heavy (non-hydrogen) atoms. The van der Waals surface area contributed by atoms with E-state index in [4.69, 9.17) is 9.31 Å². The second-order valence-electron chi connectivity index (χ2n) is 14.7. The zero-order valence-electron chi connectivity index (χ0n) is 28.2. The van der Waals surface area contributed by atoms with Crippen LogP contribution in [0.5, 0.6) is 0 Å². The molecule has 0 radical (unpaired) electrons. The van der Waals surface area contributed by atoms with Gasteiger partial charge in [0, 0.05) is 16.5 Å². The fourth-order valence-electron chi connectivity index (χ4n) is 8.69. The smallest absolute Gasteiger partial charge is 0.399 e. The molecule has 0 aromatic heterocycles. The van der Waals surface area contributed by atoms with Gasteiger partial charge >= 0.3 is 7.12 Å². The summed E-state index contributed by atoms with van der Waals surface area (Å²) < 4.78 is 13.3. The molecule has 2 aliphatic heterocycles. The highest BCUT2D eigenvalue weighted by Crippen LogP contribution is 2.65. The molecule has 1 saturated heterocycles. The molecule has 1 aliphatic carbocycles. The standard InChI is InChI=1S/C45H36BNO2/c1-43(2)44(3,4)49-46(48-43)31-24-25-36-35-20-12-13-21-37(35)45(40(36)28-31)38-26-22-29-14-8-10-18-33(29)41(38)47(32-16-6-5-7-17-32)42-34-19-11-9-15-30(34)23-27-39(42)45/h5-28H,1-4H3. The molecule has 7 aromatic carbocycles. The van der Waals surface area contributed by atoms with E-state index in [1.165, 1.54) is 66.3 Å². The van der Waals surface area contributed by atoms with Crippen LogP contribution in [0.25, 0.3) is 32.7 Å². The van der Waals surface area contributed by atoms with E-state index in [1.807, 2.05) is 0 Å². The zero-order chi connectivity index (χ0) is 33.1. The van der Waals surface area contributed by atoms with E-state index in [2.05, 4.69) is 178 Å². The van der Waals surface area contributed by atoms with Crippen molar-refractivity contribution in [3.8, 4) is 11.1 Å². The average molecular weight is 634 g/mol. The Morgan fingerprint density at radius 1 is 0.469 bits per heavy atom. The summed E-state index contributed by atoms with van der Waals surface area (Å²) in [6.45, 7) is 8.50. The first-order valence-electron chi connectivity index (χ1n) is 17.3. The predicted octanol–water partition coefficient (Wildman–Crippen LogP) is 10.4. The van der Waals surface area contributed by atoms with E-state index < -0.39 is 23.7 Å². The van der Waals surface area contributed by atoms with Gasteiger partial charge in [-0.1, -0.05) is 133 Å². The average Bonchev–Trinajstić information content (AvgIpc) is 3.54. The van der Waals surface area contributed by atoms with Gasteiger partial charge in [-0.25, -0.2) is 0 Å². The summed E-state index contributed by atoms with van der Waals surface area (Å²) in [7, 11) is -0.465. The largest absolute Gasteiger partial charge is 0.494 e. The molecule has 4 heteroatoms. The molecular weight excluding hydrogens is 597 g/mol. The molecular formula is C45H36BNO2. The van der Waals surface area contributed by atoms with E-state index in [-0.39, 0.29) is 0 Å². The fourth-order valence-corrected chi connectivity index (χ4v) is 8.69. The first-order chi connectivity index (χ1) is 23.8. The molecule has 0 atom stereocenters. The highest BCUT2D eigenvalue weighted by atomic mass is 16.7. The van der Waals surface area contributed by atoms with Gasteiger partial charge < -0.3 is 14.2 Å². The topological polar surface area (TPSA) is 21.7 Å². The minimum absolute atomic E-state index is 0.435. The van der Waals surface area contributed by atoms with Crippen LogP contribution in [0, 0.1) is 0 Å². The summed E-state index contributed by atoms with van der Waals surface area (Å²) in [6.07, 6.45) is 0. The summed E-state index contributed by atoms with van der Waals surface area (Å²) in [4.78, 5) is 2.53. The van der Waals surface area contributed by atoms with Gasteiger partial charge in [0.1, 0.15) is 0 Å². The van der Waals surface area contributed by atoms with Gasteiger partial charge in [-0.05, 0) is 89.4 Å². The van der Waals surface area contributed by atoms with Crippen molar-refractivity contribution >= 4 is 51.2 Å². The van der Waals surface area contributed by atoms with Crippen LogP contribution in [0.1, 0.15) is 49.9 Å². The Hall–Kier alpha value is -5.16. The molecule has 3 nitrogen and oxygen atoms in total. The van der Waals surface area contributed by atoms with Crippen molar-refractivity contribution in [3.05, 3.63) is 168 Å². The highest BCUT2D eigenvalue weighted by Gasteiger charge is 2.55. The molecule has 0 saturated carbocycles. The molecule has 1 fully saturated rings. The molecule has 2 heterocycles. The second kappa shape index (κ2) is 9.95. The van der Waals surface area contributed by atoms with E-state index in [9.17, 15) is 0 Å². The highest BCUT2D eigenvalue weighted by molar-refractivity contribution is 6.62. The summed E-state index contributed by atoms with van der Waals surface area (Å²) in [5.41, 5.74) is 10.8. The first kappa shape index (κ1) is 28.8. The Morgan fingerprint density at radius 3 is 1.63 bits per heavy atom. The van der Waals surface area contributed by atoms with Crippen LogP contribution in [0.2, 0.25) is 0 Å². The number of rotatable bonds is 2. The van der Waals surface area contributed by atoms with Crippen LogP contribution in [0.15, 0.2) is 146 Å². The number of fused-ring (bicyclic) bond motifs is 13. The third kappa shape index (κ3) is 3.76. The van der Waals surface area contributed by atoms with Crippen molar-refractivity contribution in [3.63, 3.8) is 0 Å². The van der Waals surface area contributed by atoms with Crippen LogP contribution < -0.4 is 10.4 Å². The van der Waals surface area contributed by atoms with Gasteiger partial charge in [0.05, 0.1) is 28.0 Å². The molecule has 1 spiro atoms. The maximum absolute atomic E-state index is 6.66. The molecule has 10 rings (SSSR count). The van der Waals surface area contributed by atoms with Crippen molar-refractivity contribution in [1.29, 1.82) is 0 Å². The fraction of sp³-hybridized carbons (Fsp3) is 0.156. The van der Waals surface area contributed by atoms with Gasteiger partial charge in [0.2, 0.25) is 0 Å². The van der Waals surface area contributed by atoms with Gasteiger partial charge in [-0.2, -0.15) is 0 Å². The van der Waals surface area contributed by atoms with Crippen LogP contribution in [-0.2, 0) is 14.7 Å². The Kier molecular flexibility index (Phi) is 5.85. The second-order valence-corrected chi connectivity index (χ2v) is 14.7. The van der Waals surface area contributed by atoms with Crippen molar-refractivity contribution in [1.82, 2.24) is 0 Å². The van der Waals surface area contributed by atoms with Gasteiger partial charge in [-0.15, -0.1) is 0 Å². The minimum Gasteiger partial charge on any atom is -0.399 e. The summed E-state index contributed by atoms with van der Waals surface area (Å²) in [6, 6.07) is 53.8. The molecule has 236 valence electrons. The lowest BCUT2D eigenvalue weighted by atomic mass is 9.63. The Bertz CT molecular complexity index is 2380. The Balaban J connectivity index is 1.38. The Labute approximate surface area is 287 Å². The number of nitrogens with zero attached hydrogens (tertiary/aromatic N) is 1. The lowest BCUT2D eigenvalue weighted by Gasteiger charge is -2.46. The number of para-hydroxylation sites is 1. The quantitative estimate of drug-likeness (QED) is 0.177. The number of hydrogen-bond acceptors (Lipinski definition) is 3.